The molecule has 2 unspecified atom stereocenters. The maximum Gasteiger partial charge on any atom is 0.269 e. The number of nitro groups is 1. The monoisotopic (exact) mass is 278 g/mol. The van der Waals surface area contributed by atoms with E-state index in [4.69, 9.17) is 0 Å². The number of hydrogen-bond donors (Lipinski definition) is 1. The Bertz CT molecular complexity index is 415. The molecule has 0 spiro atoms. The third kappa shape index (κ3) is 4.93. The van der Waals surface area contributed by atoms with Crippen LogP contribution in [0.15, 0.2) is 24.3 Å². The number of nitrogens with zero attached hydrogens (tertiary/aromatic N) is 1. The highest BCUT2D eigenvalue weighted by Gasteiger charge is 2.19. The van der Waals surface area contributed by atoms with Gasteiger partial charge in [-0.1, -0.05) is 32.9 Å². The minimum atomic E-state index is -0.353. The summed E-state index contributed by atoms with van der Waals surface area (Å²) in [6.45, 7) is 9.87. The smallest absolute Gasteiger partial charge is 0.269 e. The second kappa shape index (κ2) is 8.00. The highest BCUT2D eigenvalue weighted by atomic mass is 16.6. The molecular formula is C16H26N2O2. The van der Waals surface area contributed by atoms with Crippen molar-refractivity contribution in [3.8, 4) is 0 Å². The van der Waals surface area contributed by atoms with Crippen molar-refractivity contribution in [2.45, 2.75) is 46.6 Å². The van der Waals surface area contributed by atoms with Crippen LogP contribution >= 0.6 is 0 Å². The minimum absolute atomic E-state index is 0.162. The van der Waals surface area contributed by atoms with E-state index in [1.165, 1.54) is 5.56 Å². The van der Waals surface area contributed by atoms with Crippen molar-refractivity contribution in [2.24, 2.45) is 11.8 Å². The molecule has 0 aliphatic heterocycles. The first kappa shape index (κ1) is 16.6. The van der Waals surface area contributed by atoms with Crippen LogP contribution in [0, 0.1) is 22.0 Å². The predicted molar refractivity (Wildman–Crippen MR) is 82.9 cm³/mol. The standard InChI is InChI=1S/C16H26N2O2/c1-5-17-13(4)16(12(2)3)11-8-14-6-9-15(10-7-14)18(19)20/h6-7,9-10,12-13,16-17H,5,8,11H2,1-4H3. The van der Waals surface area contributed by atoms with Crippen LogP contribution in [-0.4, -0.2) is 17.5 Å². The van der Waals surface area contributed by atoms with Gasteiger partial charge in [0.2, 0.25) is 0 Å². The van der Waals surface area contributed by atoms with Crippen LogP contribution in [0.2, 0.25) is 0 Å². The quantitative estimate of drug-likeness (QED) is 0.581. The van der Waals surface area contributed by atoms with Crippen LogP contribution < -0.4 is 5.32 Å². The summed E-state index contributed by atoms with van der Waals surface area (Å²) < 4.78 is 0. The Morgan fingerprint density at radius 1 is 1.20 bits per heavy atom. The average molecular weight is 278 g/mol. The van der Waals surface area contributed by atoms with Crippen molar-refractivity contribution in [1.29, 1.82) is 0 Å². The van der Waals surface area contributed by atoms with Crippen LogP contribution in [0.3, 0.4) is 0 Å². The third-order valence-electron chi connectivity index (χ3n) is 3.94. The molecule has 0 saturated heterocycles. The Morgan fingerprint density at radius 3 is 2.25 bits per heavy atom. The van der Waals surface area contributed by atoms with Gasteiger partial charge in [-0.05, 0) is 43.7 Å². The molecule has 1 aromatic rings. The van der Waals surface area contributed by atoms with Crippen LogP contribution in [0.1, 0.15) is 39.7 Å². The van der Waals surface area contributed by atoms with Gasteiger partial charge in [0.15, 0.2) is 0 Å². The van der Waals surface area contributed by atoms with Crippen LogP contribution in [0.25, 0.3) is 0 Å². The molecule has 2 atom stereocenters. The number of nitro benzene ring substituents is 1. The Morgan fingerprint density at radius 2 is 1.80 bits per heavy atom. The molecule has 0 aliphatic carbocycles. The number of benzene rings is 1. The molecule has 0 bridgehead atoms. The lowest BCUT2D eigenvalue weighted by Gasteiger charge is -2.28. The molecule has 4 heteroatoms. The molecule has 1 aromatic carbocycles. The lowest BCUT2D eigenvalue weighted by Crippen LogP contribution is -2.36. The molecule has 0 fully saturated rings. The molecule has 20 heavy (non-hydrogen) atoms. The second-order valence-electron chi connectivity index (χ2n) is 5.72. The van der Waals surface area contributed by atoms with Crippen molar-refractivity contribution >= 4 is 5.69 Å². The first-order valence-corrected chi connectivity index (χ1v) is 7.42. The lowest BCUT2D eigenvalue weighted by molar-refractivity contribution is -0.384. The Hall–Kier alpha value is -1.42. The van der Waals surface area contributed by atoms with Gasteiger partial charge < -0.3 is 5.32 Å². The molecule has 1 N–H and O–H groups in total. The first-order chi connectivity index (χ1) is 9.45. The fourth-order valence-corrected chi connectivity index (χ4v) is 2.75. The SMILES string of the molecule is CCNC(C)C(CCc1ccc([N+](=O)[O-])cc1)C(C)C. The van der Waals surface area contributed by atoms with Crippen molar-refractivity contribution < 1.29 is 4.92 Å². The van der Waals surface area contributed by atoms with Gasteiger partial charge in [-0.15, -0.1) is 0 Å². The van der Waals surface area contributed by atoms with E-state index in [-0.39, 0.29) is 10.6 Å². The zero-order valence-corrected chi connectivity index (χ0v) is 12.9. The lowest BCUT2D eigenvalue weighted by atomic mass is 9.84. The summed E-state index contributed by atoms with van der Waals surface area (Å²) in [6, 6.07) is 7.42. The maximum atomic E-state index is 10.6. The topological polar surface area (TPSA) is 55.2 Å². The summed E-state index contributed by atoms with van der Waals surface area (Å²) >= 11 is 0. The maximum absolute atomic E-state index is 10.6. The van der Waals surface area contributed by atoms with Gasteiger partial charge in [0.1, 0.15) is 0 Å². The molecule has 0 saturated carbocycles. The average Bonchev–Trinajstić information content (AvgIpc) is 2.39. The van der Waals surface area contributed by atoms with E-state index in [2.05, 4.69) is 33.0 Å². The number of rotatable bonds is 8. The first-order valence-electron chi connectivity index (χ1n) is 7.42. The molecule has 0 amide bonds. The Balaban J connectivity index is 2.60. The van der Waals surface area contributed by atoms with E-state index in [0.29, 0.717) is 17.9 Å². The normalized spacial score (nSPS) is 14.2. The molecule has 1 rings (SSSR count). The summed E-state index contributed by atoms with van der Waals surface area (Å²) in [6.07, 6.45) is 2.07. The highest BCUT2D eigenvalue weighted by Crippen LogP contribution is 2.22. The number of nitrogens with one attached hydrogen (secondary N) is 1. The fraction of sp³-hybridized carbons (Fsp3) is 0.625. The molecule has 0 aromatic heterocycles. The van der Waals surface area contributed by atoms with Gasteiger partial charge in [0.25, 0.3) is 5.69 Å². The van der Waals surface area contributed by atoms with Crippen molar-refractivity contribution in [2.75, 3.05) is 6.54 Å². The van der Waals surface area contributed by atoms with Crippen LogP contribution in [-0.2, 0) is 6.42 Å². The zero-order chi connectivity index (χ0) is 15.1. The summed E-state index contributed by atoms with van der Waals surface area (Å²) in [5.74, 6) is 1.24. The number of aryl methyl sites for hydroxylation is 1. The summed E-state index contributed by atoms with van der Waals surface area (Å²) in [5, 5.41) is 14.1. The molecule has 112 valence electrons. The van der Waals surface area contributed by atoms with E-state index in [0.717, 1.165) is 19.4 Å². The van der Waals surface area contributed by atoms with Gasteiger partial charge >= 0.3 is 0 Å². The van der Waals surface area contributed by atoms with E-state index < -0.39 is 0 Å². The minimum Gasteiger partial charge on any atom is -0.314 e. The number of hydrogen-bond acceptors (Lipinski definition) is 3. The third-order valence-corrected chi connectivity index (χ3v) is 3.94. The molecule has 4 nitrogen and oxygen atoms in total. The molecule has 0 heterocycles. The summed E-state index contributed by atoms with van der Waals surface area (Å²) in [4.78, 5) is 10.3. The van der Waals surface area contributed by atoms with Crippen molar-refractivity contribution in [3.05, 3.63) is 39.9 Å². The predicted octanol–water partition coefficient (Wildman–Crippen LogP) is 3.80. The fourth-order valence-electron chi connectivity index (χ4n) is 2.75. The van der Waals surface area contributed by atoms with Gasteiger partial charge in [0, 0.05) is 18.2 Å². The number of non-ortho nitro benzene ring substituents is 1. The van der Waals surface area contributed by atoms with Crippen LogP contribution in [0.5, 0.6) is 0 Å². The summed E-state index contributed by atoms with van der Waals surface area (Å²) in [5.41, 5.74) is 1.33. The van der Waals surface area contributed by atoms with E-state index in [1.54, 1.807) is 12.1 Å². The van der Waals surface area contributed by atoms with Gasteiger partial charge in [0.05, 0.1) is 4.92 Å². The largest absolute Gasteiger partial charge is 0.314 e. The highest BCUT2D eigenvalue weighted by molar-refractivity contribution is 5.32. The van der Waals surface area contributed by atoms with Gasteiger partial charge in [-0.25, -0.2) is 0 Å². The van der Waals surface area contributed by atoms with Gasteiger partial charge in [-0.2, -0.15) is 0 Å². The van der Waals surface area contributed by atoms with Crippen molar-refractivity contribution in [3.63, 3.8) is 0 Å². The summed E-state index contributed by atoms with van der Waals surface area (Å²) in [7, 11) is 0. The molecule has 0 radical (unpaired) electrons. The van der Waals surface area contributed by atoms with E-state index in [9.17, 15) is 10.1 Å². The zero-order valence-electron chi connectivity index (χ0n) is 12.9. The Labute approximate surface area is 121 Å². The van der Waals surface area contributed by atoms with E-state index >= 15 is 0 Å². The second-order valence-corrected chi connectivity index (χ2v) is 5.72. The molecule has 0 aliphatic rings. The van der Waals surface area contributed by atoms with Crippen molar-refractivity contribution in [1.82, 2.24) is 5.32 Å². The Kier molecular flexibility index (Phi) is 6.65. The van der Waals surface area contributed by atoms with E-state index in [1.807, 2.05) is 12.1 Å². The van der Waals surface area contributed by atoms with Gasteiger partial charge in [-0.3, -0.25) is 10.1 Å². The molecular weight excluding hydrogens is 252 g/mol. The van der Waals surface area contributed by atoms with Crippen LogP contribution in [0.4, 0.5) is 5.69 Å².